The van der Waals surface area contributed by atoms with Gasteiger partial charge in [-0.05, 0) is 12.1 Å². The molecule has 1 aromatic carbocycles. The number of benzene rings is 1. The Morgan fingerprint density at radius 2 is 2.14 bits per heavy atom. The predicted molar refractivity (Wildman–Crippen MR) is 101 cm³/mol. The Balaban J connectivity index is 1.93. The van der Waals surface area contributed by atoms with E-state index in [4.69, 9.17) is 4.74 Å². The summed E-state index contributed by atoms with van der Waals surface area (Å²) in [5.74, 6) is -1.36. The van der Waals surface area contributed by atoms with E-state index < -0.39 is 17.7 Å². The molecule has 1 aliphatic heterocycles. The number of amides is 1. The Kier molecular flexibility index (Phi) is 4.40. The van der Waals surface area contributed by atoms with Crippen molar-refractivity contribution in [1.82, 2.24) is 20.0 Å². The number of ketones is 1. The first-order valence-electron chi connectivity index (χ1n) is 8.21. The molecular formula is C18H15N5O4S. The van der Waals surface area contributed by atoms with Crippen LogP contribution in [0.4, 0.5) is 5.13 Å². The van der Waals surface area contributed by atoms with Gasteiger partial charge in [-0.3, -0.25) is 19.2 Å². The zero-order valence-corrected chi connectivity index (χ0v) is 15.8. The quantitative estimate of drug-likeness (QED) is 0.407. The van der Waals surface area contributed by atoms with E-state index in [0.717, 1.165) is 11.3 Å². The number of methoxy groups -OCH3 is 1. The Hall–Kier alpha value is -3.53. The van der Waals surface area contributed by atoms with E-state index in [9.17, 15) is 14.7 Å². The molecule has 28 heavy (non-hydrogen) atoms. The molecule has 3 heterocycles. The number of hydrogen-bond acceptors (Lipinski definition) is 8. The summed E-state index contributed by atoms with van der Waals surface area (Å²) in [6, 6.07) is 5.76. The molecule has 0 spiro atoms. The van der Waals surface area contributed by atoms with Gasteiger partial charge in [0.2, 0.25) is 5.13 Å². The maximum atomic E-state index is 12.9. The molecule has 0 bridgehead atoms. The van der Waals surface area contributed by atoms with Gasteiger partial charge in [0.05, 0.1) is 18.9 Å². The topological polar surface area (TPSA) is 110 Å². The zero-order chi connectivity index (χ0) is 19.8. The van der Waals surface area contributed by atoms with Gasteiger partial charge in [-0.15, -0.1) is 10.2 Å². The van der Waals surface area contributed by atoms with Gasteiger partial charge in [0.1, 0.15) is 23.1 Å². The number of ether oxygens (including phenoxy) is 1. The lowest BCUT2D eigenvalue weighted by Crippen LogP contribution is -2.29. The number of anilines is 1. The van der Waals surface area contributed by atoms with Crippen LogP contribution in [0.5, 0.6) is 5.75 Å². The number of aromatic nitrogens is 4. The van der Waals surface area contributed by atoms with Crippen molar-refractivity contribution >= 4 is 33.9 Å². The maximum absolute atomic E-state index is 12.9. The number of carbonyl (C=O) groups excluding carboxylic acids is 2. The van der Waals surface area contributed by atoms with Crippen LogP contribution < -0.4 is 9.64 Å². The predicted octanol–water partition coefficient (Wildman–Crippen LogP) is 1.91. The molecule has 1 atom stereocenters. The third kappa shape index (κ3) is 2.83. The highest BCUT2D eigenvalue weighted by Gasteiger charge is 2.48. The molecule has 1 unspecified atom stereocenters. The van der Waals surface area contributed by atoms with Crippen molar-refractivity contribution in [2.45, 2.75) is 6.04 Å². The summed E-state index contributed by atoms with van der Waals surface area (Å²) in [7, 11) is 3.23. The molecule has 0 radical (unpaired) electrons. The summed E-state index contributed by atoms with van der Waals surface area (Å²) in [6.07, 6.45) is 3.23. The average molecular weight is 397 g/mol. The van der Waals surface area contributed by atoms with Crippen LogP contribution in [-0.2, 0) is 16.6 Å². The summed E-state index contributed by atoms with van der Waals surface area (Å²) in [5.41, 5.74) is 2.36. The van der Waals surface area contributed by atoms with Crippen LogP contribution in [0.25, 0.3) is 5.76 Å². The molecular weight excluding hydrogens is 382 g/mol. The second-order valence-electron chi connectivity index (χ2n) is 6.07. The van der Waals surface area contributed by atoms with E-state index in [-0.39, 0.29) is 16.5 Å². The largest absolute Gasteiger partial charge is 0.507 e. The summed E-state index contributed by atoms with van der Waals surface area (Å²) < 4.78 is 6.74. The number of aliphatic hydroxyl groups is 1. The van der Waals surface area contributed by atoms with Crippen LogP contribution in [0.2, 0.25) is 0 Å². The van der Waals surface area contributed by atoms with Crippen LogP contribution in [-0.4, -0.2) is 43.9 Å². The molecule has 1 saturated heterocycles. The van der Waals surface area contributed by atoms with Gasteiger partial charge < -0.3 is 9.84 Å². The second kappa shape index (κ2) is 6.89. The summed E-state index contributed by atoms with van der Waals surface area (Å²) in [5, 5.41) is 23.0. The normalized spacial score (nSPS) is 18.6. The number of carbonyl (C=O) groups is 2. The second-order valence-corrected chi connectivity index (χ2v) is 6.88. The lowest BCUT2D eigenvalue weighted by molar-refractivity contribution is -0.132. The molecule has 4 rings (SSSR count). The molecule has 142 valence electrons. The van der Waals surface area contributed by atoms with Crippen molar-refractivity contribution in [1.29, 1.82) is 0 Å². The van der Waals surface area contributed by atoms with Gasteiger partial charge in [0.15, 0.2) is 0 Å². The van der Waals surface area contributed by atoms with Gasteiger partial charge >= 0.3 is 5.91 Å². The van der Waals surface area contributed by atoms with Crippen molar-refractivity contribution in [3.8, 4) is 5.75 Å². The van der Waals surface area contributed by atoms with E-state index in [0.29, 0.717) is 16.9 Å². The first-order valence-corrected chi connectivity index (χ1v) is 9.09. The number of hydrogen-bond donors (Lipinski definition) is 1. The number of aryl methyl sites for hydroxylation is 1. The minimum atomic E-state index is -0.868. The van der Waals surface area contributed by atoms with Gasteiger partial charge in [-0.2, -0.15) is 5.10 Å². The Labute approximate surface area is 163 Å². The van der Waals surface area contributed by atoms with Crippen LogP contribution in [0.3, 0.4) is 0 Å². The van der Waals surface area contributed by atoms with Crippen LogP contribution in [0.1, 0.15) is 17.2 Å². The standard InChI is InChI=1S/C18H15N5O4S/c1-22-8-11(7-20-22)14-13(15(24)10-4-3-5-12(6-10)27-2)16(25)17(26)23(14)18-21-19-9-28-18/h3-9,14,24H,1-2H3/b15-13+. The zero-order valence-electron chi connectivity index (χ0n) is 14.9. The van der Waals surface area contributed by atoms with Gasteiger partial charge in [0, 0.05) is 24.4 Å². The van der Waals surface area contributed by atoms with Crippen LogP contribution in [0, 0.1) is 0 Å². The van der Waals surface area contributed by atoms with Crippen molar-refractivity contribution in [2.75, 3.05) is 12.0 Å². The maximum Gasteiger partial charge on any atom is 0.301 e. The van der Waals surface area contributed by atoms with Crippen LogP contribution >= 0.6 is 11.3 Å². The molecule has 2 aromatic heterocycles. The van der Waals surface area contributed by atoms with E-state index in [1.807, 2.05) is 0 Å². The molecule has 1 amide bonds. The minimum absolute atomic E-state index is 0.0403. The third-order valence-electron chi connectivity index (χ3n) is 4.38. The van der Waals surface area contributed by atoms with E-state index in [1.165, 1.54) is 17.5 Å². The summed E-state index contributed by atoms with van der Waals surface area (Å²) in [4.78, 5) is 26.9. The van der Waals surface area contributed by atoms with Crippen molar-refractivity contribution < 1.29 is 19.4 Å². The molecule has 1 fully saturated rings. The van der Waals surface area contributed by atoms with E-state index in [1.54, 1.807) is 48.4 Å². The number of aliphatic hydroxyl groups excluding tert-OH is 1. The molecule has 0 saturated carbocycles. The first kappa shape index (κ1) is 17.9. The van der Waals surface area contributed by atoms with E-state index >= 15 is 0 Å². The number of Topliss-reactive ketones (excluding diaryl/α,β-unsaturated/α-hetero) is 1. The SMILES string of the molecule is COc1cccc(/C(O)=C2\C(=O)C(=O)N(c3nncs3)C2c2cnn(C)c2)c1. The van der Waals surface area contributed by atoms with Gasteiger partial charge in [-0.25, -0.2) is 0 Å². The highest BCUT2D eigenvalue weighted by Crippen LogP contribution is 2.42. The smallest absolute Gasteiger partial charge is 0.301 e. The minimum Gasteiger partial charge on any atom is -0.507 e. The highest BCUT2D eigenvalue weighted by molar-refractivity contribution is 7.13. The fraction of sp³-hybridized carbons (Fsp3) is 0.167. The van der Waals surface area contributed by atoms with Crippen molar-refractivity contribution in [3.05, 3.63) is 58.9 Å². The first-order chi connectivity index (χ1) is 13.5. The van der Waals surface area contributed by atoms with Crippen molar-refractivity contribution in [3.63, 3.8) is 0 Å². The highest BCUT2D eigenvalue weighted by atomic mass is 32.1. The van der Waals surface area contributed by atoms with Crippen LogP contribution in [0.15, 0.2) is 47.7 Å². The fourth-order valence-electron chi connectivity index (χ4n) is 3.12. The number of nitrogens with zero attached hydrogens (tertiary/aromatic N) is 5. The number of rotatable bonds is 4. The molecule has 10 heteroatoms. The van der Waals surface area contributed by atoms with Gasteiger partial charge in [0.25, 0.3) is 5.78 Å². The summed E-state index contributed by atoms with van der Waals surface area (Å²) >= 11 is 1.13. The summed E-state index contributed by atoms with van der Waals surface area (Å²) in [6.45, 7) is 0. The van der Waals surface area contributed by atoms with Gasteiger partial charge in [-0.1, -0.05) is 23.5 Å². The molecule has 1 N–H and O–H groups in total. The monoisotopic (exact) mass is 397 g/mol. The molecule has 3 aromatic rings. The Morgan fingerprint density at radius 3 is 2.79 bits per heavy atom. The third-order valence-corrected chi connectivity index (χ3v) is 5.07. The van der Waals surface area contributed by atoms with Crippen molar-refractivity contribution in [2.24, 2.45) is 7.05 Å². The average Bonchev–Trinajstić information content (AvgIpc) is 3.42. The fourth-order valence-corrected chi connectivity index (χ4v) is 3.71. The Bertz CT molecular complexity index is 1090. The molecule has 1 aliphatic rings. The molecule has 0 aliphatic carbocycles. The lowest BCUT2D eigenvalue weighted by Gasteiger charge is -2.20. The van der Waals surface area contributed by atoms with E-state index in [2.05, 4.69) is 15.3 Å². The lowest BCUT2D eigenvalue weighted by atomic mass is 9.97. The molecule has 9 nitrogen and oxygen atoms in total. The Morgan fingerprint density at radius 1 is 1.32 bits per heavy atom.